The molecule has 112 valence electrons. The molecule has 0 spiro atoms. The lowest BCUT2D eigenvalue weighted by atomic mass is 9.76. The maximum atomic E-state index is 3.51. The van der Waals surface area contributed by atoms with Crippen LogP contribution >= 0.6 is 0 Å². The van der Waals surface area contributed by atoms with Crippen LogP contribution in [-0.2, 0) is 0 Å². The SMILES string of the molecule is CCC1(CN2CCN(C(C)(C)C)CC2)CCNCC1. The molecule has 3 nitrogen and oxygen atoms in total. The number of rotatable bonds is 3. The second-order valence-electron chi connectivity index (χ2n) is 7.54. The first-order valence-electron chi connectivity index (χ1n) is 8.13. The van der Waals surface area contributed by atoms with E-state index in [-0.39, 0.29) is 0 Å². The van der Waals surface area contributed by atoms with Crippen LogP contribution < -0.4 is 5.32 Å². The zero-order chi connectivity index (χ0) is 13.9. The third-order valence-electron chi connectivity index (χ3n) is 5.29. The Bertz CT molecular complexity index is 268. The van der Waals surface area contributed by atoms with Crippen LogP contribution in [0.4, 0.5) is 0 Å². The number of nitrogens with one attached hydrogen (secondary N) is 1. The van der Waals surface area contributed by atoms with E-state index in [1.807, 2.05) is 0 Å². The van der Waals surface area contributed by atoms with Crippen molar-refractivity contribution in [2.24, 2.45) is 5.41 Å². The topological polar surface area (TPSA) is 18.5 Å². The minimum absolute atomic E-state index is 0.337. The number of piperazine rings is 1. The number of nitrogens with zero attached hydrogens (tertiary/aromatic N) is 2. The molecule has 2 heterocycles. The van der Waals surface area contributed by atoms with Gasteiger partial charge in [-0.3, -0.25) is 4.90 Å². The summed E-state index contributed by atoms with van der Waals surface area (Å²) in [5, 5.41) is 3.51. The molecule has 0 aromatic rings. The lowest BCUT2D eigenvalue weighted by Gasteiger charge is -2.46. The molecule has 2 aliphatic rings. The van der Waals surface area contributed by atoms with Gasteiger partial charge in [-0.15, -0.1) is 0 Å². The monoisotopic (exact) mass is 267 g/mol. The van der Waals surface area contributed by atoms with Gasteiger partial charge in [-0.2, -0.15) is 0 Å². The number of hydrogen-bond acceptors (Lipinski definition) is 3. The van der Waals surface area contributed by atoms with Gasteiger partial charge >= 0.3 is 0 Å². The van der Waals surface area contributed by atoms with Crippen LogP contribution in [0.3, 0.4) is 0 Å². The Kier molecular flexibility index (Phi) is 4.91. The predicted molar refractivity (Wildman–Crippen MR) is 82.6 cm³/mol. The second-order valence-corrected chi connectivity index (χ2v) is 7.54. The average Bonchev–Trinajstić information content (AvgIpc) is 2.39. The first kappa shape index (κ1) is 15.3. The van der Waals surface area contributed by atoms with Gasteiger partial charge in [-0.1, -0.05) is 6.92 Å². The van der Waals surface area contributed by atoms with E-state index in [4.69, 9.17) is 0 Å². The third-order valence-corrected chi connectivity index (χ3v) is 5.29. The fourth-order valence-corrected chi connectivity index (χ4v) is 3.63. The van der Waals surface area contributed by atoms with Crippen molar-refractivity contribution in [2.45, 2.75) is 52.5 Å². The first-order valence-corrected chi connectivity index (χ1v) is 8.13. The molecule has 19 heavy (non-hydrogen) atoms. The van der Waals surface area contributed by atoms with E-state index in [2.05, 4.69) is 42.8 Å². The summed E-state index contributed by atoms with van der Waals surface area (Å²) in [7, 11) is 0. The van der Waals surface area contributed by atoms with E-state index < -0.39 is 0 Å². The molecule has 2 saturated heterocycles. The second kappa shape index (κ2) is 6.11. The minimum Gasteiger partial charge on any atom is -0.317 e. The van der Waals surface area contributed by atoms with Gasteiger partial charge in [0, 0.05) is 38.3 Å². The Hall–Kier alpha value is -0.120. The van der Waals surface area contributed by atoms with Crippen molar-refractivity contribution in [2.75, 3.05) is 45.8 Å². The Morgan fingerprint density at radius 1 is 1.00 bits per heavy atom. The highest BCUT2D eigenvalue weighted by atomic mass is 15.3. The fourth-order valence-electron chi connectivity index (χ4n) is 3.63. The molecular weight excluding hydrogens is 234 g/mol. The Labute approximate surface area is 119 Å². The van der Waals surface area contributed by atoms with Gasteiger partial charge in [-0.25, -0.2) is 0 Å². The molecule has 2 rings (SSSR count). The molecule has 2 fully saturated rings. The highest BCUT2D eigenvalue weighted by molar-refractivity contribution is 4.89. The summed E-state index contributed by atoms with van der Waals surface area (Å²) in [6, 6.07) is 0. The van der Waals surface area contributed by atoms with Crippen LogP contribution in [0.1, 0.15) is 47.0 Å². The van der Waals surface area contributed by atoms with Gasteiger partial charge < -0.3 is 10.2 Å². The van der Waals surface area contributed by atoms with Crippen molar-refractivity contribution in [1.29, 1.82) is 0 Å². The zero-order valence-corrected chi connectivity index (χ0v) is 13.5. The van der Waals surface area contributed by atoms with Crippen molar-refractivity contribution in [3.63, 3.8) is 0 Å². The van der Waals surface area contributed by atoms with Crippen molar-refractivity contribution in [3.8, 4) is 0 Å². The van der Waals surface area contributed by atoms with Gasteiger partial charge in [0.05, 0.1) is 0 Å². The van der Waals surface area contributed by atoms with E-state index in [0.29, 0.717) is 11.0 Å². The Morgan fingerprint density at radius 2 is 1.58 bits per heavy atom. The smallest absolute Gasteiger partial charge is 0.0126 e. The maximum Gasteiger partial charge on any atom is 0.0126 e. The molecule has 0 unspecified atom stereocenters. The lowest BCUT2D eigenvalue weighted by Crippen LogP contribution is -2.55. The predicted octanol–water partition coefficient (Wildman–Crippen LogP) is 2.18. The van der Waals surface area contributed by atoms with Crippen molar-refractivity contribution in [3.05, 3.63) is 0 Å². The molecular formula is C16H33N3. The molecule has 2 aliphatic heterocycles. The van der Waals surface area contributed by atoms with Crippen LogP contribution in [0.25, 0.3) is 0 Å². The van der Waals surface area contributed by atoms with Crippen LogP contribution in [-0.4, -0.2) is 61.2 Å². The largest absolute Gasteiger partial charge is 0.317 e. The first-order chi connectivity index (χ1) is 8.95. The summed E-state index contributed by atoms with van der Waals surface area (Å²) in [4.78, 5) is 5.35. The molecule has 0 saturated carbocycles. The van der Waals surface area contributed by atoms with E-state index in [0.717, 1.165) is 0 Å². The maximum absolute atomic E-state index is 3.51. The van der Waals surface area contributed by atoms with Gasteiger partial charge in [-0.05, 0) is 58.5 Å². The van der Waals surface area contributed by atoms with Gasteiger partial charge in [0.2, 0.25) is 0 Å². The molecule has 0 aromatic heterocycles. The van der Waals surface area contributed by atoms with Gasteiger partial charge in [0.15, 0.2) is 0 Å². The van der Waals surface area contributed by atoms with Crippen LogP contribution in [0.2, 0.25) is 0 Å². The van der Waals surface area contributed by atoms with E-state index in [9.17, 15) is 0 Å². The van der Waals surface area contributed by atoms with E-state index in [1.54, 1.807) is 0 Å². The normalized spacial score (nSPS) is 26.5. The summed E-state index contributed by atoms with van der Waals surface area (Å²) in [5.74, 6) is 0. The number of piperidine rings is 1. The third kappa shape index (κ3) is 3.93. The zero-order valence-electron chi connectivity index (χ0n) is 13.5. The summed E-state index contributed by atoms with van der Waals surface area (Å²) in [5.41, 5.74) is 0.929. The van der Waals surface area contributed by atoms with Gasteiger partial charge in [0.25, 0.3) is 0 Å². The molecule has 0 radical (unpaired) electrons. The minimum atomic E-state index is 0.337. The summed E-state index contributed by atoms with van der Waals surface area (Å²) in [6.45, 7) is 18.1. The lowest BCUT2D eigenvalue weighted by molar-refractivity contribution is 0.0296. The highest BCUT2D eigenvalue weighted by Crippen LogP contribution is 2.33. The van der Waals surface area contributed by atoms with Crippen LogP contribution in [0.15, 0.2) is 0 Å². The van der Waals surface area contributed by atoms with E-state index >= 15 is 0 Å². The van der Waals surface area contributed by atoms with Crippen molar-refractivity contribution >= 4 is 0 Å². The Balaban J connectivity index is 1.84. The van der Waals surface area contributed by atoms with Gasteiger partial charge in [0.1, 0.15) is 0 Å². The Morgan fingerprint density at radius 3 is 2.05 bits per heavy atom. The standard InChI is InChI=1S/C16H33N3/c1-5-16(6-8-17-9-7-16)14-18-10-12-19(13-11-18)15(2,3)4/h17H,5-14H2,1-4H3. The summed E-state index contributed by atoms with van der Waals surface area (Å²) >= 11 is 0. The highest BCUT2D eigenvalue weighted by Gasteiger charge is 2.34. The molecule has 3 heteroatoms. The quantitative estimate of drug-likeness (QED) is 0.845. The molecule has 0 aromatic carbocycles. The van der Waals surface area contributed by atoms with Crippen LogP contribution in [0.5, 0.6) is 0 Å². The molecule has 0 atom stereocenters. The molecule has 0 amide bonds. The van der Waals surface area contributed by atoms with Crippen LogP contribution in [0, 0.1) is 5.41 Å². The molecule has 1 N–H and O–H groups in total. The van der Waals surface area contributed by atoms with Crippen molar-refractivity contribution in [1.82, 2.24) is 15.1 Å². The summed E-state index contributed by atoms with van der Waals surface area (Å²) in [6.07, 6.45) is 4.07. The molecule has 0 bridgehead atoms. The summed E-state index contributed by atoms with van der Waals surface area (Å²) < 4.78 is 0. The fraction of sp³-hybridized carbons (Fsp3) is 1.00. The average molecular weight is 267 g/mol. The van der Waals surface area contributed by atoms with Crippen molar-refractivity contribution < 1.29 is 0 Å². The molecule has 0 aliphatic carbocycles. The number of hydrogen-bond donors (Lipinski definition) is 1. The van der Waals surface area contributed by atoms with E-state index in [1.165, 1.54) is 65.1 Å².